The Bertz CT molecular complexity index is 370. The van der Waals surface area contributed by atoms with E-state index >= 15 is 0 Å². The third-order valence-electron chi connectivity index (χ3n) is 3.71. The second-order valence-corrected chi connectivity index (χ2v) is 5.23. The Kier molecular flexibility index (Phi) is 6.10. The number of imidazole rings is 1. The molecule has 0 saturated carbocycles. The van der Waals surface area contributed by atoms with Crippen molar-refractivity contribution in [3.8, 4) is 0 Å². The van der Waals surface area contributed by atoms with Gasteiger partial charge in [-0.3, -0.25) is 4.79 Å². The van der Waals surface area contributed by atoms with E-state index in [2.05, 4.69) is 23.8 Å². The van der Waals surface area contributed by atoms with Crippen molar-refractivity contribution in [1.82, 2.24) is 9.97 Å². The number of H-pyrrole nitrogens is 1. The van der Waals surface area contributed by atoms with Crippen LogP contribution in [0.15, 0.2) is 6.20 Å². The minimum absolute atomic E-state index is 0.0538. The highest BCUT2D eigenvalue weighted by molar-refractivity contribution is 5.85. The van der Waals surface area contributed by atoms with Gasteiger partial charge in [-0.05, 0) is 19.8 Å². The molecule has 3 nitrogen and oxygen atoms in total. The van der Waals surface area contributed by atoms with Crippen LogP contribution in [-0.2, 0) is 4.79 Å². The number of carbonyl (C=O) groups is 1. The number of hydrogen-bond acceptors (Lipinski definition) is 2. The van der Waals surface area contributed by atoms with Crippen LogP contribution in [-0.4, -0.2) is 15.8 Å². The van der Waals surface area contributed by atoms with Gasteiger partial charge in [0.05, 0.1) is 5.92 Å². The highest BCUT2D eigenvalue weighted by Gasteiger charge is 2.20. The fraction of sp³-hybridized carbons (Fsp3) is 0.733. The molecule has 1 aromatic rings. The second kappa shape index (κ2) is 7.34. The first kappa shape index (κ1) is 14.9. The lowest BCUT2D eigenvalue weighted by Gasteiger charge is -2.16. The van der Waals surface area contributed by atoms with E-state index in [4.69, 9.17) is 0 Å². The van der Waals surface area contributed by atoms with Gasteiger partial charge in [0.15, 0.2) is 0 Å². The van der Waals surface area contributed by atoms with Crippen molar-refractivity contribution in [2.75, 3.05) is 0 Å². The Balaban J connectivity index is 2.53. The molecule has 0 aliphatic heterocycles. The highest BCUT2D eigenvalue weighted by Crippen LogP contribution is 2.23. The molecule has 0 aromatic carbocycles. The average Bonchev–Trinajstić information content (AvgIpc) is 2.79. The summed E-state index contributed by atoms with van der Waals surface area (Å²) in [7, 11) is 0. The maximum Gasteiger partial charge on any atom is 0.141 e. The van der Waals surface area contributed by atoms with Gasteiger partial charge < -0.3 is 4.98 Å². The van der Waals surface area contributed by atoms with Gasteiger partial charge in [0, 0.05) is 18.3 Å². The number of ketones is 1. The Hall–Kier alpha value is -1.12. The van der Waals surface area contributed by atoms with Crippen LogP contribution in [0.25, 0.3) is 0 Å². The number of nitrogens with one attached hydrogen (secondary N) is 1. The molecule has 0 amide bonds. The molecule has 0 aliphatic rings. The van der Waals surface area contributed by atoms with Crippen LogP contribution in [0.1, 0.15) is 70.3 Å². The minimum Gasteiger partial charge on any atom is -0.346 e. The molecular formula is C15H26N2O. The summed E-state index contributed by atoms with van der Waals surface area (Å²) in [4.78, 5) is 19.6. The molecule has 2 unspecified atom stereocenters. The summed E-state index contributed by atoms with van der Waals surface area (Å²) in [6.07, 6.45) is 7.19. The fourth-order valence-corrected chi connectivity index (χ4v) is 2.24. The number of aromatic nitrogens is 2. The van der Waals surface area contributed by atoms with Gasteiger partial charge >= 0.3 is 0 Å². The van der Waals surface area contributed by atoms with Crippen molar-refractivity contribution in [2.45, 2.75) is 65.7 Å². The quantitative estimate of drug-likeness (QED) is 0.758. The molecule has 102 valence electrons. The van der Waals surface area contributed by atoms with Gasteiger partial charge in [-0.15, -0.1) is 0 Å². The molecule has 1 rings (SSSR count). The van der Waals surface area contributed by atoms with E-state index in [9.17, 15) is 4.79 Å². The molecule has 0 saturated heterocycles. The number of rotatable bonds is 8. The number of carbonyl (C=O) groups excluding carboxylic acids is 1. The molecular weight excluding hydrogens is 224 g/mol. The summed E-state index contributed by atoms with van der Waals surface area (Å²) >= 11 is 0. The number of Topliss-reactive ketones (excluding diaryl/α,β-unsaturated/α-hetero) is 1. The summed E-state index contributed by atoms with van der Waals surface area (Å²) in [5.74, 6) is 1.70. The Morgan fingerprint density at radius 3 is 2.67 bits per heavy atom. The van der Waals surface area contributed by atoms with Crippen molar-refractivity contribution >= 4 is 5.78 Å². The summed E-state index contributed by atoms with van der Waals surface area (Å²) in [6, 6.07) is 0. The number of nitrogens with zero attached hydrogens (tertiary/aromatic N) is 1. The highest BCUT2D eigenvalue weighted by atomic mass is 16.1. The van der Waals surface area contributed by atoms with Crippen LogP contribution in [0.5, 0.6) is 0 Å². The molecule has 0 spiro atoms. The predicted octanol–water partition coefficient (Wildman–Crippen LogP) is 4.00. The average molecular weight is 250 g/mol. The summed E-state index contributed by atoms with van der Waals surface area (Å²) in [5, 5.41) is 0. The lowest BCUT2D eigenvalue weighted by molar-refractivity contribution is -0.121. The molecule has 1 aromatic heterocycles. The monoisotopic (exact) mass is 250 g/mol. The summed E-state index contributed by atoms with van der Waals surface area (Å²) in [5.41, 5.74) is 0.947. The van der Waals surface area contributed by atoms with Gasteiger partial charge in [-0.1, -0.05) is 39.5 Å². The molecule has 0 radical (unpaired) electrons. The van der Waals surface area contributed by atoms with Crippen molar-refractivity contribution in [2.24, 2.45) is 5.92 Å². The fourth-order valence-electron chi connectivity index (χ4n) is 2.24. The Morgan fingerprint density at radius 2 is 2.17 bits per heavy atom. The lowest BCUT2D eigenvalue weighted by Crippen LogP contribution is -2.14. The summed E-state index contributed by atoms with van der Waals surface area (Å²) in [6.45, 7) is 8.27. The first-order chi connectivity index (χ1) is 8.58. The minimum atomic E-state index is -0.0538. The van der Waals surface area contributed by atoms with Crippen LogP contribution in [0, 0.1) is 12.8 Å². The van der Waals surface area contributed by atoms with E-state index in [1.54, 1.807) is 6.20 Å². The smallest absolute Gasteiger partial charge is 0.141 e. The van der Waals surface area contributed by atoms with E-state index < -0.39 is 0 Å². The first-order valence-corrected chi connectivity index (χ1v) is 7.12. The molecule has 2 atom stereocenters. The number of hydrogen-bond donors (Lipinski definition) is 1. The number of unbranched alkanes of at least 4 members (excludes halogenated alkanes) is 1. The van der Waals surface area contributed by atoms with Crippen molar-refractivity contribution < 1.29 is 4.79 Å². The van der Waals surface area contributed by atoms with Crippen molar-refractivity contribution in [3.05, 3.63) is 17.7 Å². The Labute approximate surface area is 110 Å². The van der Waals surface area contributed by atoms with E-state index in [-0.39, 0.29) is 5.92 Å². The zero-order valence-electron chi connectivity index (χ0n) is 12.1. The van der Waals surface area contributed by atoms with Crippen LogP contribution in [0.3, 0.4) is 0 Å². The number of aryl methyl sites for hydroxylation is 1. The maximum absolute atomic E-state index is 12.2. The summed E-state index contributed by atoms with van der Waals surface area (Å²) < 4.78 is 0. The molecule has 0 bridgehead atoms. The van der Waals surface area contributed by atoms with Crippen molar-refractivity contribution in [1.29, 1.82) is 0 Å². The Morgan fingerprint density at radius 1 is 1.44 bits per heavy atom. The van der Waals surface area contributed by atoms with E-state index in [1.807, 2.05) is 13.8 Å². The normalized spacial score (nSPS) is 14.4. The van der Waals surface area contributed by atoms with Crippen LogP contribution >= 0.6 is 0 Å². The van der Waals surface area contributed by atoms with Crippen LogP contribution in [0.4, 0.5) is 0 Å². The molecule has 3 heteroatoms. The topological polar surface area (TPSA) is 45.8 Å². The largest absolute Gasteiger partial charge is 0.346 e. The molecule has 0 aliphatic carbocycles. The maximum atomic E-state index is 12.2. The van der Waals surface area contributed by atoms with Gasteiger partial charge in [-0.25, -0.2) is 4.98 Å². The van der Waals surface area contributed by atoms with Gasteiger partial charge in [0.1, 0.15) is 11.6 Å². The lowest BCUT2D eigenvalue weighted by atomic mass is 9.89. The predicted molar refractivity (Wildman–Crippen MR) is 74.7 cm³/mol. The standard InChI is InChI=1S/C15H26N2O/c1-5-7-8-13(6-2)9-15(18)11(3)14-10-16-12(4)17-14/h10-11,13H,5-9H2,1-4H3,(H,16,17). The van der Waals surface area contributed by atoms with E-state index in [0.717, 1.165) is 17.9 Å². The van der Waals surface area contributed by atoms with E-state index in [1.165, 1.54) is 19.3 Å². The first-order valence-electron chi connectivity index (χ1n) is 7.12. The van der Waals surface area contributed by atoms with Gasteiger partial charge in [0.2, 0.25) is 0 Å². The second-order valence-electron chi connectivity index (χ2n) is 5.23. The molecule has 1 heterocycles. The molecule has 0 fully saturated rings. The van der Waals surface area contributed by atoms with Crippen LogP contribution in [0.2, 0.25) is 0 Å². The number of aromatic amines is 1. The van der Waals surface area contributed by atoms with Crippen LogP contribution < -0.4 is 0 Å². The SMILES string of the molecule is CCCCC(CC)CC(=O)C(C)c1cnc(C)[nH]1. The third-order valence-corrected chi connectivity index (χ3v) is 3.71. The third kappa shape index (κ3) is 4.28. The molecule has 18 heavy (non-hydrogen) atoms. The van der Waals surface area contributed by atoms with E-state index in [0.29, 0.717) is 18.1 Å². The van der Waals surface area contributed by atoms with Gasteiger partial charge in [0.25, 0.3) is 0 Å². The van der Waals surface area contributed by atoms with Gasteiger partial charge in [-0.2, -0.15) is 0 Å². The molecule has 1 N–H and O–H groups in total. The van der Waals surface area contributed by atoms with Crippen molar-refractivity contribution in [3.63, 3.8) is 0 Å². The zero-order chi connectivity index (χ0) is 13.5. The zero-order valence-corrected chi connectivity index (χ0v) is 12.1.